The lowest BCUT2D eigenvalue weighted by Crippen LogP contribution is -2.32. The molecule has 1 aliphatic rings. The van der Waals surface area contributed by atoms with Gasteiger partial charge in [0, 0.05) is 28.9 Å². The van der Waals surface area contributed by atoms with Crippen molar-refractivity contribution in [1.29, 1.82) is 0 Å². The Bertz CT molecular complexity index is 372. The van der Waals surface area contributed by atoms with Crippen LogP contribution in [0.2, 0.25) is 0 Å². The van der Waals surface area contributed by atoms with Gasteiger partial charge in [-0.05, 0) is 44.4 Å². The molecule has 0 bridgehead atoms. The van der Waals surface area contributed by atoms with E-state index >= 15 is 0 Å². The lowest BCUT2D eigenvalue weighted by atomic mass is 10.1. The second kappa shape index (κ2) is 5.51. The third-order valence-corrected chi connectivity index (χ3v) is 4.98. The number of likely N-dealkylation sites (tertiary alicyclic amines) is 1. The molecular formula is C14H24N2S. The van der Waals surface area contributed by atoms with Crippen molar-refractivity contribution in [1.82, 2.24) is 4.90 Å². The molecule has 2 atom stereocenters. The van der Waals surface area contributed by atoms with Gasteiger partial charge in [-0.2, -0.15) is 0 Å². The molecule has 2 heterocycles. The molecule has 1 saturated heterocycles. The molecule has 2 rings (SSSR count). The van der Waals surface area contributed by atoms with Gasteiger partial charge >= 0.3 is 0 Å². The Morgan fingerprint density at radius 3 is 2.76 bits per heavy atom. The van der Waals surface area contributed by atoms with E-state index in [9.17, 15) is 0 Å². The van der Waals surface area contributed by atoms with Gasteiger partial charge in [-0.25, -0.2) is 0 Å². The summed E-state index contributed by atoms with van der Waals surface area (Å²) in [5.41, 5.74) is 7.48. The van der Waals surface area contributed by atoms with Crippen LogP contribution < -0.4 is 5.73 Å². The minimum Gasteiger partial charge on any atom is -0.329 e. The predicted molar refractivity (Wildman–Crippen MR) is 75.6 cm³/mol. The highest BCUT2D eigenvalue weighted by Gasteiger charge is 2.28. The smallest absolute Gasteiger partial charge is 0.0481 e. The molecular weight excluding hydrogens is 228 g/mol. The summed E-state index contributed by atoms with van der Waals surface area (Å²) in [5.74, 6) is 0.879. The maximum Gasteiger partial charge on any atom is 0.0481 e. The van der Waals surface area contributed by atoms with Gasteiger partial charge in [-0.3, -0.25) is 4.90 Å². The van der Waals surface area contributed by atoms with Crippen LogP contribution in [0, 0.1) is 19.8 Å². The Balaban J connectivity index is 2.14. The van der Waals surface area contributed by atoms with E-state index in [2.05, 4.69) is 31.7 Å². The first kappa shape index (κ1) is 13.1. The number of aryl methyl sites for hydroxylation is 2. The summed E-state index contributed by atoms with van der Waals surface area (Å²) in [4.78, 5) is 5.43. The molecule has 96 valence electrons. The second-order valence-electron chi connectivity index (χ2n) is 5.18. The summed E-state index contributed by atoms with van der Waals surface area (Å²) in [6.07, 6.45) is 2.64. The van der Waals surface area contributed by atoms with Gasteiger partial charge in [0.05, 0.1) is 0 Å². The molecule has 17 heavy (non-hydrogen) atoms. The van der Waals surface area contributed by atoms with Crippen molar-refractivity contribution >= 4 is 11.3 Å². The summed E-state index contributed by atoms with van der Waals surface area (Å²) in [7, 11) is 0. The molecule has 0 spiro atoms. The van der Waals surface area contributed by atoms with Crippen LogP contribution in [0.15, 0.2) is 6.07 Å². The quantitative estimate of drug-likeness (QED) is 0.892. The van der Waals surface area contributed by atoms with Crippen LogP contribution in [0.3, 0.4) is 0 Å². The van der Waals surface area contributed by atoms with E-state index in [4.69, 9.17) is 5.73 Å². The molecule has 1 fully saturated rings. The summed E-state index contributed by atoms with van der Waals surface area (Å²) in [6, 6.07) is 2.77. The van der Waals surface area contributed by atoms with E-state index in [-0.39, 0.29) is 0 Å². The van der Waals surface area contributed by atoms with Crippen molar-refractivity contribution in [2.75, 3.05) is 19.6 Å². The van der Waals surface area contributed by atoms with Crippen molar-refractivity contribution in [3.63, 3.8) is 0 Å². The van der Waals surface area contributed by atoms with Crippen molar-refractivity contribution in [2.45, 2.75) is 39.7 Å². The van der Waals surface area contributed by atoms with Gasteiger partial charge in [0.1, 0.15) is 0 Å². The van der Waals surface area contributed by atoms with Gasteiger partial charge < -0.3 is 5.73 Å². The summed E-state index contributed by atoms with van der Waals surface area (Å²) in [5, 5.41) is 0. The molecule has 0 amide bonds. The van der Waals surface area contributed by atoms with E-state index in [0.29, 0.717) is 6.04 Å². The molecule has 1 aliphatic heterocycles. The number of nitrogens with zero attached hydrogens (tertiary/aromatic N) is 1. The second-order valence-corrected chi connectivity index (χ2v) is 6.64. The highest BCUT2D eigenvalue weighted by atomic mass is 32.1. The highest BCUT2D eigenvalue weighted by Crippen LogP contribution is 2.33. The van der Waals surface area contributed by atoms with Crippen LogP contribution in [0.4, 0.5) is 0 Å². The number of nitrogens with two attached hydrogens (primary N) is 1. The van der Waals surface area contributed by atoms with E-state index < -0.39 is 0 Å². The molecule has 2 nitrogen and oxygen atoms in total. The maximum atomic E-state index is 6.01. The lowest BCUT2D eigenvalue weighted by Gasteiger charge is -2.27. The minimum absolute atomic E-state index is 0.441. The van der Waals surface area contributed by atoms with E-state index in [1.807, 2.05) is 11.3 Å². The van der Waals surface area contributed by atoms with Crippen LogP contribution in [0.5, 0.6) is 0 Å². The lowest BCUT2D eigenvalue weighted by molar-refractivity contribution is 0.240. The third-order valence-electron chi connectivity index (χ3n) is 4.00. The SMILES string of the molecule is CCC1CCN(C(CN)c2cc(C)sc2C)C1. The topological polar surface area (TPSA) is 29.3 Å². The van der Waals surface area contributed by atoms with Gasteiger partial charge in [0.15, 0.2) is 0 Å². The Labute approximate surface area is 109 Å². The molecule has 3 heteroatoms. The first-order valence-corrected chi connectivity index (χ1v) is 7.48. The summed E-state index contributed by atoms with van der Waals surface area (Å²) in [6.45, 7) is 9.90. The van der Waals surface area contributed by atoms with E-state index in [0.717, 1.165) is 12.5 Å². The van der Waals surface area contributed by atoms with Crippen molar-refractivity contribution < 1.29 is 0 Å². The van der Waals surface area contributed by atoms with Gasteiger partial charge in [0.25, 0.3) is 0 Å². The number of hydrogen-bond donors (Lipinski definition) is 1. The molecule has 0 aromatic carbocycles. The number of rotatable bonds is 4. The zero-order valence-electron chi connectivity index (χ0n) is 11.2. The standard InChI is InChI=1S/C14H24N2S/c1-4-12-5-6-16(9-12)14(8-15)13-7-10(2)17-11(13)3/h7,12,14H,4-6,8-9,15H2,1-3H3. The van der Waals surface area contributed by atoms with E-state index in [1.165, 1.54) is 41.2 Å². The van der Waals surface area contributed by atoms with E-state index in [1.54, 1.807) is 0 Å². The fraction of sp³-hybridized carbons (Fsp3) is 0.714. The van der Waals surface area contributed by atoms with Crippen LogP contribution in [-0.2, 0) is 0 Å². The van der Waals surface area contributed by atoms with Crippen LogP contribution in [-0.4, -0.2) is 24.5 Å². The molecule has 1 aromatic heterocycles. The van der Waals surface area contributed by atoms with Crippen molar-refractivity contribution in [3.05, 3.63) is 21.4 Å². The normalized spacial score (nSPS) is 23.2. The molecule has 2 N–H and O–H groups in total. The molecule has 0 aliphatic carbocycles. The molecule has 1 aromatic rings. The van der Waals surface area contributed by atoms with Crippen LogP contribution in [0.25, 0.3) is 0 Å². The third kappa shape index (κ3) is 2.72. The molecule has 0 radical (unpaired) electrons. The zero-order chi connectivity index (χ0) is 12.4. The van der Waals surface area contributed by atoms with Gasteiger partial charge in [-0.15, -0.1) is 11.3 Å². The van der Waals surface area contributed by atoms with Crippen LogP contribution in [0.1, 0.15) is 41.1 Å². The highest BCUT2D eigenvalue weighted by molar-refractivity contribution is 7.12. The summed E-state index contributed by atoms with van der Waals surface area (Å²) >= 11 is 1.90. The monoisotopic (exact) mass is 252 g/mol. The minimum atomic E-state index is 0.441. The Kier molecular flexibility index (Phi) is 4.23. The number of thiophene rings is 1. The summed E-state index contributed by atoms with van der Waals surface area (Å²) < 4.78 is 0. The van der Waals surface area contributed by atoms with Crippen molar-refractivity contribution in [3.8, 4) is 0 Å². The van der Waals surface area contributed by atoms with Gasteiger partial charge in [-0.1, -0.05) is 13.3 Å². The van der Waals surface area contributed by atoms with Gasteiger partial charge in [0.2, 0.25) is 0 Å². The van der Waals surface area contributed by atoms with Crippen LogP contribution >= 0.6 is 11.3 Å². The van der Waals surface area contributed by atoms with Crippen molar-refractivity contribution in [2.24, 2.45) is 11.7 Å². The Hall–Kier alpha value is -0.380. The molecule has 2 unspecified atom stereocenters. The molecule has 0 saturated carbocycles. The average molecular weight is 252 g/mol. The largest absolute Gasteiger partial charge is 0.329 e. The fourth-order valence-electron chi connectivity index (χ4n) is 2.93. The first-order chi connectivity index (χ1) is 8.15. The Morgan fingerprint density at radius 1 is 1.53 bits per heavy atom. The predicted octanol–water partition coefficient (Wildman–Crippen LogP) is 3.10. The average Bonchev–Trinajstić information content (AvgIpc) is 2.88. The first-order valence-electron chi connectivity index (χ1n) is 6.66. The number of hydrogen-bond acceptors (Lipinski definition) is 3. The fourth-order valence-corrected chi connectivity index (χ4v) is 3.91. The maximum absolute atomic E-state index is 6.01. The Morgan fingerprint density at radius 2 is 2.29 bits per heavy atom. The zero-order valence-corrected chi connectivity index (χ0v) is 12.0.